The molecule has 112 valence electrons. The molecule has 0 N–H and O–H groups in total. The first kappa shape index (κ1) is 15.4. The van der Waals surface area contributed by atoms with Crippen LogP contribution in [0.4, 0.5) is 14.5 Å². The molecule has 2 aromatic rings. The van der Waals surface area contributed by atoms with Crippen molar-refractivity contribution in [2.45, 2.75) is 0 Å². The summed E-state index contributed by atoms with van der Waals surface area (Å²) in [6, 6.07) is 13.3. The molecule has 0 aromatic heterocycles. The van der Waals surface area contributed by atoms with Crippen LogP contribution in [0.25, 0.3) is 0 Å². The lowest BCUT2D eigenvalue weighted by Crippen LogP contribution is -2.35. The smallest absolute Gasteiger partial charge is 0.265 e. The highest BCUT2D eigenvalue weighted by Crippen LogP contribution is 2.18. The summed E-state index contributed by atoms with van der Waals surface area (Å²) >= 11 is 0. The van der Waals surface area contributed by atoms with Crippen LogP contribution in [0.1, 0.15) is 0 Å². The van der Waals surface area contributed by atoms with Gasteiger partial charge in [-0.15, -0.1) is 0 Å². The fourth-order valence-corrected chi connectivity index (χ4v) is 1.81. The van der Waals surface area contributed by atoms with Gasteiger partial charge in [0, 0.05) is 11.8 Å². The lowest BCUT2D eigenvalue weighted by molar-refractivity contribution is -0.120. The zero-order valence-electron chi connectivity index (χ0n) is 11.5. The van der Waals surface area contributed by atoms with E-state index in [0.717, 1.165) is 12.1 Å². The van der Waals surface area contributed by atoms with Gasteiger partial charge in [-0.05, 0) is 24.3 Å². The Morgan fingerprint density at radius 2 is 1.91 bits per heavy atom. The maximum absolute atomic E-state index is 13.4. The van der Waals surface area contributed by atoms with Gasteiger partial charge in [-0.2, -0.15) is 5.26 Å². The van der Waals surface area contributed by atoms with E-state index in [4.69, 9.17) is 10.00 Å². The second-order valence-electron chi connectivity index (χ2n) is 4.34. The Morgan fingerprint density at radius 3 is 2.55 bits per heavy atom. The summed E-state index contributed by atoms with van der Waals surface area (Å²) in [6.45, 7) is -0.614. The van der Waals surface area contributed by atoms with Gasteiger partial charge in [-0.3, -0.25) is 9.69 Å². The maximum atomic E-state index is 13.4. The number of hydrogen-bond donors (Lipinski definition) is 0. The summed E-state index contributed by atoms with van der Waals surface area (Å²) < 4.78 is 31.3. The summed E-state index contributed by atoms with van der Waals surface area (Å²) in [7, 11) is 0. The van der Waals surface area contributed by atoms with Crippen LogP contribution in [0.2, 0.25) is 0 Å². The van der Waals surface area contributed by atoms with Gasteiger partial charge in [0.05, 0.1) is 6.07 Å². The molecule has 4 nitrogen and oxygen atoms in total. The minimum absolute atomic E-state index is 0.155. The zero-order chi connectivity index (χ0) is 15.9. The van der Waals surface area contributed by atoms with Gasteiger partial charge >= 0.3 is 0 Å². The van der Waals surface area contributed by atoms with E-state index in [9.17, 15) is 13.6 Å². The second-order valence-corrected chi connectivity index (χ2v) is 4.34. The van der Waals surface area contributed by atoms with Gasteiger partial charge < -0.3 is 4.74 Å². The average molecular weight is 302 g/mol. The Balaban J connectivity index is 2.07. The fraction of sp³-hybridized carbons (Fsp3) is 0.125. The molecule has 0 heterocycles. The van der Waals surface area contributed by atoms with E-state index in [-0.39, 0.29) is 12.3 Å². The van der Waals surface area contributed by atoms with Crippen molar-refractivity contribution >= 4 is 11.6 Å². The van der Waals surface area contributed by atoms with Crippen LogP contribution in [-0.4, -0.2) is 19.1 Å². The minimum Gasteiger partial charge on any atom is -0.481 e. The number of nitrogens with zero attached hydrogens (tertiary/aromatic N) is 2. The van der Waals surface area contributed by atoms with Crippen LogP contribution >= 0.6 is 0 Å². The Kier molecular flexibility index (Phi) is 5.04. The number of carbonyl (C=O) groups excluding carboxylic acids is 1. The third-order valence-corrected chi connectivity index (χ3v) is 2.84. The van der Waals surface area contributed by atoms with Crippen molar-refractivity contribution in [3.63, 3.8) is 0 Å². The number of carbonyl (C=O) groups is 1. The molecule has 0 unspecified atom stereocenters. The summed E-state index contributed by atoms with van der Waals surface area (Å²) in [5, 5.41) is 8.82. The SMILES string of the molecule is N#CCN(C(=O)COc1ccc(F)cc1F)c1ccccc1. The van der Waals surface area contributed by atoms with E-state index in [2.05, 4.69) is 0 Å². The largest absolute Gasteiger partial charge is 0.481 e. The van der Waals surface area contributed by atoms with Crippen molar-refractivity contribution in [3.8, 4) is 11.8 Å². The summed E-state index contributed by atoms with van der Waals surface area (Å²) in [6.07, 6.45) is 0. The summed E-state index contributed by atoms with van der Waals surface area (Å²) in [4.78, 5) is 13.4. The molecular weight excluding hydrogens is 290 g/mol. The zero-order valence-corrected chi connectivity index (χ0v) is 11.5. The van der Waals surface area contributed by atoms with Crippen LogP contribution in [0.5, 0.6) is 5.75 Å². The first-order valence-corrected chi connectivity index (χ1v) is 6.42. The molecule has 0 saturated heterocycles. The highest BCUT2D eigenvalue weighted by Gasteiger charge is 2.16. The molecule has 0 bridgehead atoms. The molecule has 6 heteroatoms. The Morgan fingerprint density at radius 1 is 1.18 bits per heavy atom. The number of rotatable bonds is 5. The van der Waals surface area contributed by atoms with Crippen molar-refractivity contribution in [1.29, 1.82) is 5.26 Å². The number of halogens is 2. The lowest BCUT2D eigenvalue weighted by atomic mass is 10.3. The topological polar surface area (TPSA) is 53.3 Å². The number of ether oxygens (including phenoxy) is 1. The van der Waals surface area contributed by atoms with Crippen LogP contribution in [-0.2, 0) is 4.79 Å². The first-order valence-electron chi connectivity index (χ1n) is 6.42. The Labute approximate surface area is 126 Å². The van der Waals surface area contributed by atoms with Gasteiger partial charge in [0.25, 0.3) is 5.91 Å². The lowest BCUT2D eigenvalue weighted by Gasteiger charge is -2.19. The molecule has 0 aliphatic carbocycles. The van der Waals surface area contributed by atoms with E-state index in [0.29, 0.717) is 11.8 Å². The molecule has 2 aromatic carbocycles. The van der Waals surface area contributed by atoms with E-state index in [1.807, 2.05) is 6.07 Å². The van der Waals surface area contributed by atoms with E-state index < -0.39 is 24.1 Å². The molecule has 0 spiro atoms. The molecule has 0 aliphatic heterocycles. The molecule has 0 saturated carbocycles. The van der Waals surface area contributed by atoms with Crippen LogP contribution in [0, 0.1) is 23.0 Å². The van der Waals surface area contributed by atoms with Gasteiger partial charge in [0.1, 0.15) is 12.4 Å². The minimum atomic E-state index is -0.889. The highest BCUT2D eigenvalue weighted by atomic mass is 19.1. The van der Waals surface area contributed by atoms with Gasteiger partial charge in [-0.25, -0.2) is 8.78 Å². The number of amides is 1. The maximum Gasteiger partial charge on any atom is 0.265 e. The van der Waals surface area contributed by atoms with Crippen LogP contribution in [0.3, 0.4) is 0 Å². The molecule has 22 heavy (non-hydrogen) atoms. The quantitative estimate of drug-likeness (QED) is 0.798. The second kappa shape index (κ2) is 7.18. The van der Waals surface area contributed by atoms with E-state index in [1.165, 1.54) is 4.90 Å². The van der Waals surface area contributed by atoms with Gasteiger partial charge in [-0.1, -0.05) is 18.2 Å². The molecule has 0 atom stereocenters. The number of nitriles is 1. The third-order valence-electron chi connectivity index (χ3n) is 2.84. The Bertz CT molecular complexity index is 699. The van der Waals surface area contributed by atoms with Crippen LogP contribution in [0.15, 0.2) is 48.5 Å². The molecule has 1 amide bonds. The third kappa shape index (κ3) is 3.79. The van der Waals surface area contributed by atoms with Crippen molar-refractivity contribution < 1.29 is 18.3 Å². The molecule has 2 rings (SSSR count). The molecule has 0 radical (unpaired) electrons. The highest BCUT2D eigenvalue weighted by molar-refractivity contribution is 5.94. The number of anilines is 1. The van der Waals surface area contributed by atoms with E-state index >= 15 is 0 Å². The average Bonchev–Trinajstić information content (AvgIpc) is 2.52. The van der Waals surface area contributed by atoms with Crippen molar-refractivity contribution in [2.24, 2.45) is 0 Å². The molecule has 0 fully saturated rings. The van der Waals surface area contributed by atoms with Gasteiger partial charge in [0.2, 0.25) is 0 Å². The summed E-state index contributed by atoms with van der Waals surface area (Å²) in [5.41, 5.74) is 0.539. The molecular formula is C16H12F2N2O2. The monoisotopic (exact) mass is 302 g/mol. The molecule has 0 aliphatic rings. The number of hydrogen-bond acceptors (Lipinski definition) is 3. The number of benzene rings is 2. The van der Waals surface area contributed by atoms with Crippen molar-refractivity contribution in [1.82, 2.24) is 0 Å². The van der Waals surface area contributed by atoms with E-state index in [1.54, 1.807) is 30.3 Å². The van der Waals surface area contributed by atoms with Crippen molar-refractivity contribution in [2.75, 3.05) is 18.1 Å². The van der Waals surface area contributed by atoms with Gasteiger partial charge in [0.15, 0.2) is 18.2 Å². The predicted octanol–water partition coefficient (Wildman–Crippen LogP) is 2.90. The summed E-state index contributed by atoms with van der Waals surface area (Å²) in [5.74, 6) is -2.35. The normalized spacial score (nSPS) is 9.86. The first-order chi connectivity index (χ1) is 10.6. The predicted molar refractivity (Wildman–Crippen MR) is 76.3 cm³/mol. The Hall–Kier alpha value is -2.94. The van der Waals surface area contributed by atoms with Crippen LogP contribution < -0.4 is 9.64 Å². The number of para-hydroxylation sites is 1. The van der Waals surface area contributed by atoms with Crippen molar-refractivity contribution in [3.05, 3.63) is 60.2 Å². The fourth-order valence-electron chi connectivity index (χ4n) is 1.81. The standard InChI is InChI=1S/C16H12F2N2O2/c17-12-6-7-15(14(18)10-12)22-11-16(21)20(9-8-19)13-4-2-1-3-5-13/h1-7,10H,9,11H2.